The van der Waals surface area contributed by atoms with Crippen LogP contribution in [0.25, 0.3) is 0 Å². The molecule has 5 heteroatoms. The third-order valence-electron chi connectivity index (χ3n) is 3.19. The molecule has 3 rings (SSSR count). The summed E-state index contributed by atoms with van der Waals surface area (Å²) in [5, 5.41) is 15.7. The predicted molar refractivity (Wildman–Crippen MR) is 73.7 cm³/mol. The highest BCUT2D eigenvalue weighted by molar-refractivity contribution is 5.54. The van der Waals surface area contributed by atoms with E-state index in [0.717, 1.165) is 37.3 Å². The number of nitrogens with one attached hydrogen (secondary N) is 2. The van der Waals surface area contributed by atoms with Crippen molar-refractivity contribution in [2.45, 2.75) is 12.8 Å². The van der Waals surface area contributed by atoms with Crippen molar-refractivity contribution in [2.24, 2.45) is 0 Å². The molecule has 1 aromatic carbocycles. The highest BCUT2D eigenvalue weighted by Crippen LogP contribution is 2.18. The predicted octanol–water partition coefficient (Wildman–Crippen LogP) is 1.61. The summed E-state index contributed by atoms with van der Waals surface area (Å²) in [6.07, 6.45) is 3.81. The molecule has 0 fully saturated rings. The fourth-order valence-corrected chi connectivity index (χ4v) is 2.16. The summed E-state index contributed by atoms with van der Waals surface area (Å²) in [5.74, 6) is 0.853. The van der Waals surface area contributed by atoms with Crippen LogP contribution in [0.5, 0.6) is 5.75 Å². The Kier molecular flexibility index (Phi) is 3.29. The monoisotopic (exact) mass is 256 g/mol. The van der Waals surface area contributed by atoms with Gasteiger partial charge < -0.3 is 15.7 Å². The maximum absolute atomic E-state index is 9.25. The summed E-state index contributed by atoms with van der Waals surface area (Å²) < 4.78 is 0. The fourth-order valence-electron chi connectivity index (χ4n) is 2.16. The smallest absolute Gasteiger partial charge is 0.227 e. The maximum Gasteiger partial charge on any atom is 0.227 e. The summed E-state index contributed by atoms with van der Waals surface area (Å²) in [4.78, 5) is 8.91. The molecule has 19 heavy (non-hydrogen) atoms. The van der Waals surface area contributed by atoms with E-state index in [1.165, 1.54) is 5.56 Å². The summed E-state index contributed by atoms with van der Waals surface area (Å²) >= 11 is 0. The minimum atomic E-state index is 0.250. The second-order valence-corrected chi connectivity index (χ2v) is 4.59. The minimum Gasteiger partial charge on any atom is -0.508 e. The molecule has 1 aromatic heterocycles. The largest absolute Gasteiger partial charge is 0.508 e. The van der Waals surface area contributed by atoms with Crippen molar-refractivity contribution in [3.63, 3.8) is 0 Å². The second kappa shape index (κ2) is 5.24. The van der Waals surface area contributed by atoms with Gasteiger partial charge in [0.05, 0.1) is 5.69 Å². The molecule has 0 spiro atoms. The first-order valence-corrected chi connectivity index (χ1v) is 6.43. The van der Waals surface area contributed by atoms with Crippen LogP contribution < -0.4 is 10.6 Å². The lowest BCUT2D eigenvalue weighted by atomic mass is 10.1. The first-order chi connectivity index (χ1) is 9.31. The molecule has 0 aliphatic carbocycles. The van der Waals surface area contributed by atoms with Gasteiger partial charge in [0, 0.05) is 24.8 Å². The van der Waals surface area contributed by atoms with Crippen molar-refractivity contribution in [1.29, 1.82) is 0 Å². The van der Waals surface area contributed by atoms with Gasteiger partial charge in [0.25, 0.3) is 0 Å². The third kappa shape index (κ3) is 2.82. The molecular weight excluding hydrogens is 240 g/mol. The van der Waals surface area contributed by atoms with Crippen LogP contribution in [0.3, 0.4) is 0 Å². The molecular formula is C14H16N4O. The molecule has 98 valence electrons. The van der Waals surface area contributed by atoms with E-state index in [4.69, 9.17) is 0 Å². The summed E-state index contributed by atoms with van der Waals surface area (Å²) in [7, 11) is 0. The van der Waals surface area contributed by atoms with Gasteiger partial charge in [-0.05, 0) is 42.8 Å². The molecule has 2 aromatic rings. The standard InChI is InChI=1S/C14H16N4O/c19-12-3-1-11(2-4-12)17-14-16-9-10-5-7-15-8-6-13(10)18-14/h1-4,9,15,19H,5-8H2,(H,16,17,18). The third-order valence-corrected chi connectivity index (χ3v) is 3.19. The van der Waals surface area contributed by atoms with Gasteiger partial charge >= 0.3 is 0 Å². The average molecular weight is 256 g/mol. The summed E-state index contributed by atoms with van der Waals surface area (Å²) in [6, 6.07) is 6.86. The highest BCUT2D eigenvalue weighted by Gasteiger charge is 2.10. The number of rotatable bonds is 2. The normalized spacial score (nSPS) is 14.5. The van der Waals surface area contributed by atoms with Crippen LogP contribution >= 0.6 is 0 Å². The van der Waals surface area contributed by atoms with Crippen LogP contribution in [-0.4, -0.2) is 28.2 Å². The number of fused-ring (bicyclic) bond motifs is 1. The molecule has 0 amide bonds. The summed E-state index contributed by atoms with van der Waals surface area (Å²) in [5.41, 5.74) is 3.20. The van der Waals surface area contributed by atoms with Gasteiger partial charge in [0.2, 0.25) is 5.95 Å². The number of phenolic OH excluding ortho intramolecular Hbond substituents is 1. The number of hydrogen-bond acceptors (Lipinski definition) is 5. The van der Waals surface area contributed by atoms with Gasteiger partial charge in [0.1, 0.15) is 5.75 Å². The van der Waals surface area contributed by atoms with Crippen LogP contribution in [0, 0.1) is 0 Å². The van der Waals surface area contributed by atoms with Crippen LogP contribution in [-0.2, 0) is 12.8 Å². The van der Waals surface area contributed by atoms with E-state index < -0.39 is 0 Å². The van der Waals surface area contributed by atoms with Gasteiger partial charge in [-0.3, -0.25) is 0 Å². The van der Waals surface area contributed by atoms with E-state index in [1.54, 1.807) is 24.3 Å². The van der Waals surface area contributed by atoms with Crippen molar-refractivity contribution in [2.75, 3.05) is 18.4 Å². The van der Waals surface area contributed by atoms with E-state index in [0.29, 0.717) is 5.95 Å². The van der Waals surface area contributed by atoms with E-state index in [9.17, 15) is 5.11 Å². The van der Waals surface area contributed by atoms with Gasteiger partial charge in [-0.25, -0.2) is 9.97 Å². The maximum atomic E-state index is 9.25. The van der Waals surface area contributed by atoms with Crippen molar-refractivity contribution >= 4 is 11.6 Å². The Hall–Kier alpha value is -2.14. The zero-order valence-corrected chi connectivity index (χ0v) is 10.6. The molecule has 1 aliphatic heterocycles. The van der Waals surface area contributed by atoms with Gasteiger partial charge in [-0.2, -0.15) is 0 Å². The number of hydrogen-bond donors (Lipinski definition) is 3. The van der Waals surface area contributed by atoms with Crippen LogP contribution in [0.1, 0.15) is 11.3 Å². The number of aromatic hydroxyl groups is 1. The Bertz CT molecular complexity index is 568. The van der Waals surface area contributed by atoms with Crippen LogP contribution in [0.15, 0.2) is 30.5 Å². The molecule has 0 radical (unpaired) electrons. The van der Waals surface area contributed by atoms with Gasteiger partial charge in [0.15, 0.2) is 0 Å². The molecule has 0 bridgehead atoms. The lowest BCUT2D eigenvalue weighted by molar-refractivity contribution is 0.475. The van der Waals surface area contributed by atoms with Crippen molar-refractivity contribution in [3.05, 3.63) is 41.7 Å². The molecule has 1 aliphatic rings. The number of aromatic nitrogens is 2. The van der Waals surface area contributed by atoms with Gasteiger partial charge in [-0.1, -0.05) is 0 Å². The minimum absolute atomic E-state index is 0.250. The average Bonchev–Trinajstić information content (AvgIpc) is 2.66. The zero-order valence-electron chi connectivity index (χ0n) is 10.6. The highest BCUT2D eigenvalue weighted by atomic mass is 16.3. The van der Waals surface area contributed by atoms with E-state index in [-0.39, 0.29) is 5.75 Å². The Balaban J connectivity index is 1.81. The molecule has 3 N–H and O–H groups in total. The first-order valence-electron chi connectivity index (χ1n) is 6.43. The van der Waals surface area contributed by atoms with E-state index in [2.05, 4.69) is 20.6 Å². The quantitative estimate of drug-likeness (QED) is 0.712. The second-order valence-electron chi connectivity index (χ2n) is 4.59. The first kappa shape index (κ1) is 11.9. The molecule has 0 saturated carbocycles. The Labute approximate surface area is 111 Å². The molecule has 2 heterocycles. The topological polar surface area (TPSA) is 70.1 Å². The van der Waals surface area contributed by atoms with E-state index >= 15 is 0 Å². The molecule has 0 atom stereocenters. The number of phenols is 1. The molecule has 5 nitrogen and oxygen atoms in total. The van der Waals surface area contributed by atoms with Crippen molar-refractivity contribution < 1.29 is 5.11 Å². The molecule has 0 saturated heterocycles. The van der Waals surface area contributed by atoms with Crippen LogP contribution in [0.2, 0.25) is 0 Å². The van der Waals surface area contributed by atoms with Gasteiger partial charge in [-0.15, -0.1) is 0 Å². The SMILES string of the molecule is Oc1ccc(Nc2ncc3c(n2)CCNCC3)cc1. The van der Waals surface area contributed by atoms with Crippen molar-refractivity contribution in [1.82, 2.24) is 15.3 Å². The zero-order chi connectivity index (χ0) is 13.1. The number of benzene rings is 1. The number of anilines is 2. The molecule has 0 unspecified atom stereocenters. The fraction of sp³-hybridized carbons (Fsp3) is 0.286. The number of nitrogens with zero attached hydrogens (tertiary/aromatic N) is 2. The van der Waals surface area contributed by atoms with Crippen molar-refractivity contribution in [3.8, 4) is 5.75 Å². The summed E-state index contributed by atoms with van der Waals surface area (Å²) in [6.45, 7) is 1.95. The van der Waals surface area contributed by atoms with Crippen LogP contribution in [0.4, 0.5) is 11.6 Å². The lowest BCUT2D eigenvalue weighted by Gasteiger charge is -2.08. The van der Waals surface area contributed by atoms with E-state index in [1.807, 2.05) is 6.20 Å². The lowest BCUT2D eigenvalue weighted by Crippen LogP contribution is -2.16. The Morgan fingerprint density at radius 1 is 1.11 bits per heavy atom. The Morgan fingerprint density at radius 3 is 2.74 bits per heavy atom. The Morgan fingerprint density at radius 2 is 1.89 bits per heavy atom.